The maximum atomic E-state index is 12.3. The van der Waals surface area contributed by atoms with Crippen molar-refractivity contribution >= 4 is 44.8 Å². The summed E-state index contributed by atoms with van der Waals surface area (Å²) in [6.07, 6.45) is 0. The molecule has 0 saturated heterocycles. The second-order valence-corrected chi connectivity index (χ2v) is 5.78. The maximum absolute atomic E-state index is 12.3. The Balaban J connectivity index is 2.33. The number of amides is 1. The van der Waals surface area contributed by atoms with Gasteiger partial charge in [-0.1, -0.05) is 23.7 Å². The fourth-order valence-corrected chi connectivity index (χ4v) is 2.44. The third kappa shape index (κ3) is 2.97. The first-order valence-corrected chi connectivity index (χ1v) is 7.19. The summed E-state index contributed by atoms with van der Waals surface area (Å²) in [5, 5.41) is 3.37. The van der Waals surface area contributed by atoms with Gasteiger partial charge in [-0.3, -0.25) is 4.79 Å². The van der Waals surface area contributed by atoms with Gasteiger partial charge in [-0.15, -0.1) is 0 Å². The molecule has 0 aromatic heterocycles. The second-order valence-electron chi connectivity index (χ2n) is 4.58. The summed E-state index contributed by atoms with van der Waals surface area (Å²) in [5.74, 6) is -0.211. The Morgan fingerprint density at radius 3 is 2.65 bits per heavy atom. The minimum absolute atomic E-state index is 0.211. The number of carbonyl (C=O) groups excluding carboxylic acids is 1. The van der Waals surface area contributed by atoms with E-state index in [0.717, 1.165) is 11.1 Å². The molecule has 0 fully saturated rings. The molecular weight excluding hydrogens is 340 g/mol. The molecular formula is C15H14BrClN2O. The Kier molecular flexibility index (Phi) is 4.35. The predicted octanol–water partition coefficient (Wildman–Crippen LogP) is 4.55. The van der Waals surface area contributed by atoms with Gasteiger partial charge < -0.3 is 11.1 Å². The van der Waals surface area contributed by atoms with Crippen LogP contribution in [-0.4, -0.2) is 5.91 Å². The molecule has 2 aromatic carbocycles. The highest BCUT2D eigenvalue weighted by Gasteiger charge is 2.13. The van der Waals surface area contributed by atoms with Crippen LogP contribution < -0.4 is 11.1 Å². The van der Waals surface area contributed by atoms with Crippen LogP contribution in [0, 0.1) is 13.8 Å². The molecule has 0 aliphatic rings. The third-order valence-electron chi connectivity index (χ3n) is 3.06. The molecule has 0 radical (unpaired) electrons. The van der Waals surface area contributed by atoms with Gasteiger partial charge in [0.1, 0.15) is 0 Å². The standard InChI is InChI=1S/C15H14BrClN2O/c1-8-6-9(2)12(18)7-10(8)15(20)19-13-5-3-4-11(17)14(13)16/h3-7H,18H2,1-2H3,(H,19,20). The molecule has 0 bridgehead atoms. The van der Waals surface area contributed by atoms with E-state index in [-0.39, 0.29) is 5.91 Å². The smallest absolute Gasteiger partial charge is 0.256 e. The number of benzene rings is 2. The van der Waals surface area contributed by atoms with Gasteiger partial charge in [-0.2, -0.15) is 0 Å². The summed E-state index contributed by atoms with van der Waals surface area (Å²) < 4.78 is 0.660. The molecule has 0 saturated carbocycles. The second kappa shape index (κ2) is 5.85. The highest BCUT2D eigenvalue weighted by molar-refractivity contribution is 9.10. The fraction of sp³-hybridized carbons (Fsp3) is 0.133. The van der Waals surface area contributed by atoms with Gasteiger partial charge in [0.15, 0.2) is 0 Å². The lowest BCUT2D eigenvalue weighted by Crippen LogP contribution is -2.14. The van der Waals surface area contributed by atoms with Crippen molar-refractivity contribution in [3.8, 4) is 0 Å². The molecule has 0 unspecified atom stereocenters. The number of nitrogens with one attached hydrogen (secondary N) is 1. The van der Waals surface area contributed by atoms with E-state index in [2.05, 4.69) is 21.2 Å². The number of hydrogen-bond acceptors (Lipinski definition) is 2. The van der Waals surface area contributed by atoms with E-state index >= 15 is 0 Å². The van der Waals surface area contributed by atoms with Crippen molar-refractivity contribution in [3.05, 3.63) is 56.5 Å². The Labute approximate surface area is 131 Å². The van der Waals surface area contributed by atoms with Crippen LogP contribution in [0.3, 0.4) is 0 Å². The third-order valence-corrected chi connectivity index (χ3v) is 4.46. The molecule has 5 heteroatoms. The molecule has 3 N–H and O–H groups in total. The van der Waals surface area contributed by atoms with Crippen LogP contribution >= 0.6 is 27.5 Å². The van der Waals surface area contributed by atoms with Crippen molar-refractivity contribution in [1.82, 2.24) is 0 Å². The lowest BCUT2D eigenvalue weighted by atomic mass is 10.0. The van der Waals surface area contributed by atoms with Crippen molar-refractivity contribution in [1.29, 1.82) is 0 Å². The van der Waals surface area contributed by atoms with Gasteiger partial charge in [-0.25, -0.2) is 0 Å². The summed E-state index contributed by atoms with van der Waals surface area (Å²) in [4.78, 5) is 12.3. The van der Waals surface area contributed by atoms with Crippen LogP contribution in [-0.2, 0) is 0 Å². The summed E-state index contributed by atoms with van der Waals surface area (Å²) in [6, 6.07) is 8.89. The number of hydrogen-bond donors (Lipinski definition) is 2. The van der Waals surface area contributed by atoms with E-state index in [1.807, 2.05) is 19.9 Å². The molecule has 0 heterocycles. The summed E-state index contributed by atoms with van der Waals surface area (Å²) in [6.45, 7) is 3.80. The molecule has 2 rings (SSSR count). The van der Waals surface area contributed by atoms with Crippen molar-refractivity contribution in [2.45, 2.75) is 13.8 Å². The highest BCUT2D eigenvalue weighted by atomic mass is 79.9. The molecule has 1 amide bonds. The quantitative estimate of drug-likeness (QED) is 0.778. The maximum Gasteiger partial charge on any atom is 0.256 e. The van der Waals surface area contributed by atoms with Gasteiger partial charge in [-0.05, 0) is 59.1 Å². The topological polar surface area (TPSA) is 55.1 Å². The Bertz CT molecular complexity index is 686. The Morgan fingerprint density at radius 2 is 1.95 bits per heavy atom. The van der Waals surface area contributed by atoms with Crippen LogP contribution in [0.25, 0.3) is 0 Å². The van der Waals surface area contributed by atoms with Crippen molar-refractivity contribution in [2.24, 2.45) is 0 Å². The normalized spacial score (nSPS) is 10.4. The Hall–Kier alpha value is -1.52. The first-order chi connectivity index (χ1) is 9.40. The van der Waals surface area contributed by atoms with E-state index in [0.29, 0.717) is 26.4 Å². The van der Waals surface area contributed by atoms with Crippen molar-refractivity contribution in [2.75, 3.05) is 11.1 Å². The van der Waals surface area contributed by atoms with E-state index in [1.54, 1.807) is 24.3 Å². The summed E-state index contributed by atoms with van der Waals surface area (Å²) in [7, 11) is 0. The number of carbonyl (C=O) groups is 1. The Morgan fingerprint density at radius 1 is 1.25 bits per heavy atom. The fourth-order valence-electron chi connectivity index (χ4n) is 1.90. The molecule has 0 atom stereocenters. The van der Waals surface area contributed by atoms with Gasteiger partial charge in [0, 0.05) is 11.3 Å². The van der Waals surface area contributed by atoms with Crippen LogP contribution in [0.15, 0.2) is 34.8 Å². The van der Waals surface area contributed by atoms with Gasteiger partial charge in [0.05, 0.1) is 15.2 Å². The predicted molar refractivity (Wildman–Crippen MR) is 87.4 cm³/mol. The summed E-state index contributed by atoms with van der Waals surface area (Å²) in [5.41, 5.74) is 9.49. The van der Waals surface area contributed by atoms with Crippen molar-refractivity contribution in [3.63, 3.8) is 0 Å². The number of nitrogens with two attached hydrogens (primary N) is 1. The molecule has 0 aliphatic heterocycles. The van der Waals surface area contributed by atoms with Crippen LogP contribution in [0.2, 0.25) is 5.02 Å². The molecule has 0 spiro atoms. The number of halogens is 2. The minimum atomic E-state index is -0.211. The first kappa shape index (κ1) is 14.9. The lowest BCUT2D eigenvalue weighted by Gasteiger charge is -2.12. The lowest BCUT2D eigenvalue weighted by molar-refractivity contribution is 0.102. The van der Waals surface area contributed by atoms with Crippen LogP contribution in [0.5, 0.6) is 0 Å². The molecule has 0 aliphatic carbocycles. The van der Waals surface area contributed by atoms with E-state index < -0.39 is 0 Å². The average Bonchev–Trinajstić information content (AvgIpc) is 2.39. The molecule has 2 aromatic rings. The SMILES string of the molecule is Cc1cc(C)c(C(=O)Nc2cccc(Cl)c2Br)cc1N. The molecule has 104 valence electrons. The number of rotatable bonds is 2. The van der Waals surface area contributed by atoms with Crippen LogP contribution in [0.4, 0.5) is 11.4 Å². The van der Waals surface area contributed by atoms with Crippen LogP contribution in [0.1, 0.15) is 21.5 Å². The van der Waals surface area contributed by atoms with E-state index in [4.69, 9.17) is 17.3 Å². The average molecular weight is 354 g/mol. The first-order valence-electron chi connectivity index (χ1n) is 6.02. The van der Waals surface area contributed by atoms with E-state index in [1.165, 1.54) is 0 Å². The number of nitrogen functional groups attached to an aromatic ring is 1. The van der Waals surface area contributed by atoms with Gasteiger partial charge >= 0.3 is 0 Å². The zero-order valence-corrected chi connectivity index (χ0v) is 13.5. The summed E-state index contributed by atoms with van der Waals surface area (Å²) >= 11 is 9.36. The minimum Gasteiger partial charge on any atom is -0.398 e. The number of anilines is 2. The zero-order valence-electron chi connectivity index (χ0n) is 11.1. The van der Waals surface area contributed by atoms with Gasteiger partial charge in [0.25, 0.3) is 5.91 Å². The monoisotopic (exact) mass is 352 g/mol. The van der Waals surface area contributed by atoms with E-state index in [9.17, 15) is 4.79 Å². The molecule has 3 nitrogen and oxygen atoms in total. The molecule has 20 heavy (non-hydrogen) atoms. The largest absolute Gasteiger partial charge is 0.398 e. The number of aryl methyl sites for hydroxylation is 2. The highest BCUT2D eigenvalue weighted by Crippen LogP contribution is 2.30. The van der Waals surface area contributed by atoms with Crippen molar-refractivity contribution < 1.29 is 4.79 Å². The van der Waals surface area contributed by atoms with Gasteiger partial charge in [0.2, 0.25) is 0 Å². The zero-order chi connectivity index (χ0) is 14.9.